The van der Waals surface area contributed by atoms with Crippen LogP contribution in [0.4, 0.5) is 4.79 Å². The van der Waals surface area contributed by atoms with Crippen molar-refractivity contribution in [3.8, 4) is 5.75 Å². The lowest BCUT2D eigenvalue weighted by Gasteiger charge is -2.24. The number of rotatable bonds is 3. The number of amides is 1. The Morgan fingerprint density at radius 1 is 1.45 bits per heavy atom. The van der Waals surface area contributed by atoms with Crippen LogP contribution in [0.5, 0.6) is 5.75 Å². The monoisotopic (exact) mass is 367 g/mol. The maximum absolute atomic E-state index is 11.6. The molecule has 1 amide bonds. The van der Waals surface area contributed by atoms with Gasteiger partial charge in [-0.25, -0.2) is 9.59 Å². The standard InChI is InChI=1S/C15H14BrNO5/c16-12-2-1-10-11(8-22-14(10)18)13(12)21-7-9-3-5-17(6-4-9)15(19)20/h1-3H,4-8H2,(H,19,20). The van der Waals surface area contributed by atoms with Crippen LogP contribution in [-0.4, -0.2) is 41.8 Å². The highest BCUT2D eigenvalue weighted by Crippen LogP contribution is 2.36. The first-order chi connectivity index (χ1) is 10.6. The van der Waals surface area contributed by atoms with Gasteiger partial charge < -0.3 is 19.5 Å². The van der Waals surface area contributed by atoms with Crippen molar-refractivity contribution in [1.29, 1.82) is 0 Å². The first-order valence-electron chi connectivity index (χ1n) is 6.83. The molecular weight excluding hydrogens is 354 g/mol. The number of halogens is 1. The van der Waals surface area contributed by atoms with E-state index in [-0.39, 0.29) is 12.6 Å². The molecule has 2 aliphatic heterocycles. The van der Waals surface area contributed by atoms with Crippen LogP contribution in [0.1, 0.15) is 22.3 Å². The second kappa shape index (κ2) is 6.00. The van der Waals surface area contributed by atoms with E-state index >= 15 is 0 Å². The molecule has 0 aromatic heterocycles. The fourth-order valence-corrected chi connectivity index (χ4v) is 2.97. The lowest BCUT2D eigenvalue weighted by atomic mass is 10.1. The molecule has 116 valence electrons. The number of esters is 1. The number of hydrogen-bond acceptors (Lipinski definition) is 4. The van der Waals surface area contributed by atoms with Gasteiger partial charge in [-0.15, -0.1) is 0 Å². The molecule has 2 heterocycles. The largest absolute Gasteiger partial charge is 0.488 e. The summed E-state index contributed by atoms with van der Waals surface area (Å²) in [5, 5.41) is 8.91. The van der Waals surface area contributed by atoms with E-state index < -0.39 is 6.09 Å². The van der Waals surface area contributed by atoms with Gasteiger partial charge in [-0.3, -0.25) is 0 Å². The predicted molar refractivity (Wildman–Crippen MR) is 81.1 cm³/mol. The van der Waals surface area contributed by atoms with Gasteiger partial charge in [0.25, 0.3) is 0 Å². The maximum Gasteiger partial charge on any atom is 0.407 e. The highest BCUT2D eigenvalue weighted by atomic mass is 79.9. The van der Waals surface area contributed by atoms with E-state index in [4.69, 9.17) is 14.6 Å². The molecule has 0 unspecified atom stereocenters. The molecule has 1 N–H and O–H groups in total. The SMILES string of the molecule is O=C1OCc2c1ccc(Br)c2OCC1=CCN(C(=O)O)CC1. The predicted octanol–water partition coefficient (Wildman–Crippen LogP) is 2.81. The molecule has 0 aliphatic carbocycles. The van der Waals surface area contributed by atoms with Crippen LogP contribution in [0.3, 0.4) is 0 Å². The molecule has 0 radical (unpaired) electrons. The fourth-order valence-electron chi connectivity index (χ4n) is 2.49. The molecule has 1 aromatic carbocycles. The van der Waals surface area contributed by atoms with Crippen LogP contribution in [0.2, 0.25) is 0 Å². The van der Waals surface area contributed by atoms with E-state index in [0.29, 0.717) is 37.4 Å². The molecule has 6 nitrogen and oxygen atoms in total. The summed E-state index contributed by atoms with van der Waals surface area (Å²) in [5.74, 6) is 0.284. The number of nitrogens with zero attached hydrogens (tertiary/aromatic N) is 1. The van der Waals surface area contributed by atoms with E-state index in [1.54, 1.807) is 12.1 Å². The molecule has 0 bridgehead atoms. The van der Waals surface area contributed by atoms with Gasteiger partial charge in [-0.05, 0) is 40.1 Å². The molecular formula is C15H14BrNO5. The molecule has 0 spiro atoms. The van der Waals surface area contributed by atoms with Crippen LogP contribution in [0.15, 0.2) is 28.3 Å². The maximum atomic E-state index is 11.6. The molecule has 0 atom stereocenters. The van der Waals surface area contributed by atoms with Crippen molar-refractivity contribution < 1.29 is 24.2 Å². The second-order valence-corrected chi connectivity index (χ2v) is 5.96. The lowest BCUT2D eigenvalue weighted by Crippen LogP contribution is -2.34. The summed E-state index contributed by atoms with van der Waals surface area (Å²) in [7, 11) is 0. The summed E-state index contributed by atoms with van der Waals surface area (Å²) in [5.41, 5.74) is 2.34. The summed E-state index contributed by atoms with van der Waals surface area (Å²) in [4.78, 5) is 23.8. The first kappa shape index (κ1) is 14.9. The summed E-state index contributed by atoms with van der Waals surface area (Å²) >= 11 is 3.43. The van der Waals surface area contributed by atoms with Gasteiger partial charge >= 0.3 is 12.1 Å². The molecule has 2 aliphatic rings. The van der Waals surface area contributed by atoms with Crippen molar-refractivity contribution in [3.63, 3.8) is 0 Å². The van der Waals surface area contributed by atoms with Crippen molar-refractivity contribution in [2.45, 2.75) is 13.0 Å². The number of hydrogen-bond donors (Lipinski definition) is 1. The summed E-state index contributed by atoms with van der Waals surface area (Å²) < 4.78 is 11.6. The van der Waals surface area contributed by atoms with Gasteiger partial charge in [0.2, 0.25) is 0 Å². The van der Waals surface area contributed by atoms with Crippen LogP contribution >= 0.6 is 15.9 Å². The summed E-state index contributed by atoms with van der Waals surface area (Å²) in [6.45, 7) is 1.44. The number of carbonyl (C=O) groups excluding carboxylic acids is 1. The number of benzene rings is 1. The highest BCUT2D eigenvalue weighted by Gasteiger charge is 2.26. The van der Waals surface area contributed by atoms with Crippen LogP contribution < -0.4 is 4.74 Å². The molecule has 1 aromatic rings. The van der Waals surface area contributed by atoms with Crippen molar-refractivity contribution >= 4 is 28.0 Å². The van der Waals surface area contributed by atoms with E-state index in [1.807, 2.05) is 6.08 Å². The van der Waals surface area contributed by atoms with Crippen LogP contribution in [0.25, 0.3) is 0 Å². The molecule has 3 rings (SSSR count). The third kappa shape index (κ3) is 2.81. The number of fused-ring (bicyclic) bond motifs is 1. The van der Waals surface area contributed by atoms with Crippen LogP contribution in [-0.2, 0) is 11.3 Å². The zero-order valence-electron chi connectivity index (χ0n) is 11.7. The van der Waals surface area contributed by atoms with E-state index in [1.165, 1.54) is 4.90 Å². The van der Waals surface area contributed by atoms with E-state index in [2.05, 4.69) is 15.9 Å². The highest BCUT2D eigenvalue weighted by molar-refractivity contribution is 9.10. The zero-order chi connectivity index (χ0) is 15.7. The molecule has 0 saturated carbocycles. The fraction of sp³-hybridized carbons (Fsp3) is 0.333. The summed E-state index contributed by atoms with van der Waals surface area (Å²) in [6.07, 6.45) is 1.61. The molecule has 22 heavy (non-hydrogen) atoms. The minimum atomic E-state index is -0.907. The van der Waals surface area contributed by atoms with Gasteiger partial charge in [0.15, 0.2) is 0 Å². The molecule has 7 heteroatoms. The normalized spacial score (nSPS) is 16.9. The lowest BCUT2D eigenvalue weighted by molar-refractivity contribution is 0.0534. The Balaban J connectivity index is 1.71. The first-order valence-corrected chi connectivity index (χ1v) is 7.62. The third-order valence-corrected chi connectivity index (χ3v) is 4.38. The average molecular weight is 368 g/mol. The third-order valence-electron chi connectivity index (χ3n) is 3.76. The van der Waals surface area contributed by atoms with Crippen LogP contribution in [0, 0.1) is 0 Å². The number of carbonyl (C=O) groups is 2. The Kier molecular flexibility index (Phi) is 4.06. The van der Waals surface area contributed by atoms with Crippen molar-refractivity contribution in [2.75, 3.05) is 19.7 Å². The van der Waals surface area contributed by atoms with E-state index in [0.717, 1.165) is 15.6 Å². The average Bonchev–Trinajstić information content (AvgIpc) is 2.88. The Morgan fingerprint density at radius 2 is 2.27 bits per heavy atom. The smallest absolute Gasteiger partial charge is 0.407 e. The summed E-state index contributed by atoms with van der Waals surface area (Å²) in [6, 6.07) is 3.48. The Bertz CT molecular complexity index is 670. The quantitative estimate of drug-likeness (QED) is 0.656. The Hall–Kier alpha value is -2.02. The topological polar surface area (TPSA) is 76.1 Å². The Morgan fingerprint density at radius 3 is 2.95 bits per heavy atom. The van der Waals surface area contributed by atoms with Gasteiger partial charge in [0.05, 0.1) is 10.0 Å². The number of cyclic esters (lactones) is 1. The minimum Gasteiger partial charge on any atom is -0.488 e. The van der Waals surface area contributed by atoms with Gasteiger partial charge in [-0.1, -0.05) is 6.08 Å². The minimum absolute atomic E-state index is 0.217. The van der Waals surface area contributed by atoms with Crippen molar-refractivity contribution in [2.24, 2.45) is 0 Å². The van der Waals surface area contributed by atoms with Crippen molar-refractivity contribution in [1.82, 2.24) is 4.90 Å². The number of carboxylic acid groups (broad SMARTS) is 1. The van der Waals surface area contributed by atoms with Gasteiger partial charge in [-0.2, -0.15) is 0 Å². The van der Waals surface area contributed by atoms with Gasteiger partial charge in [0.1, 0.15) is 19.0 Å². The molecule has 0 saturated heterocycles. The second-order valence-electron chi connectivity index (χ2n) is 5.11. The Labute approximate surface area is 135 Å². The van der Waals surface area contributed by atoms with Gasteiger partial charge in [0, 0.05) is 18.7 Å². The van der Waals surface area contributed by atoms with E-state index in [9.17, 15) is 9.59 Å². The zero-order valence-corrected chi connectivity index (χ0v) is 13.3. The number of ether oxygens (including phenoxy) is 2. The van der Waals surface area contributed by atoms with Crippen molar-refractivity contribution in [3.05, 3.63) is 39.4 Å². The molecule has 0 fully saturated rings.